The molecule has 0 aliphatic heterocycles. The van der Waals surface area contributed by atoms with Crippen LogP contribution in [0.15, 0.2) is 43.1 Å². The van der Waals surface area contributed by atoms with Gasteiger partial charge < -0.3 is 5.73 Å². The summed E-state index contributed by atoms with van der Waals surface area (Å²) in [6.07, 6.45) is 7.15. The van der Waals surface area contributed by atoms with E-state index in [0.717, 1.165) is 22.6 Å². The second kappa shape index (κ2) is 3.95. The summed E-state index contributed by atoms with van der Waals surface area (Å²) in [5.74, 6) is 0. The molecule has 2 N–H and O–H groups in total. The number of hydrogen-bond acceptors (Lipinski definition) is 4. The van der Waals surface area contributed by atoms with Crippen LogP contribution in [0.4, 0.5) is 0 Å². The summed E-state index contributed by atoms with van der Waals surface area (Å²) in [6.45, 7) is 0.434. The van der Waals surface area contributed by atoms with Crippen molar-refractivity contribution in [1.82, 2.24) is 19.4 Å². The monoisotopic (exact) mass is 225 g/mol. The molecule has 3 aromatic heterocycles. The summed E-state index contributed by atoms with van der Waals surface area (Å²) in [4.78, 5) is 12.8. The lowest BCUT2D eigenvalue weighted by Crippen LogP contribution is -1.95. The number of rotatable bonds is 2. The summed E-state index contributed by atoms with van der Waals surface area (Å²) in [7, 11) is 0. The molecule has 5 nitrogen and oxygen atoms in total. The molecule has 0 aliphatic carbocycles. The molecule has 3 aromatic rings. The van der Waals surface area contributed by atoms with Gasteiger partial charge in [-0.25, -0.2) is 9.97 Å². The molecule has 0 spiro atoms. The zero-order valence-electron chi connectivity index (χ0n) is 9.11. The van der Waals surface area contributed by atoms with Crippen LogP contribution in [0.25, 0.3) is 16.9 Å². The van der Waals surface area contributed by atoms with E-state index >= 15 is 0 Å². The van der Waals surface area contributed by atoms with Gasteiger partial charge in [0.05, 0.1) is 11.4 Å². The van der Waals surface area contributed by atoms with E-state index < -0.39 is 0 Å². The minimum absolute atomic E-state index is 0.434. The molecule has 3 rings (SSSR count). The maximum atomic E-state index is 5.56. The number of hydrogen-bond donors (Lipinski definition) is 1. The average Bonchev–Trinajstić information content (AvgIpc) is 2.81. The molecule has 0 aromatic carbocycles. The third-order valence-electron chi connectivity index (χ3n) is 2.56. The van der Waals surface area contributed by atoms with Gasteiger partial charge >= 0.3 is 0 Å². The van der Waals surface area contributed by atoms with Crippen LogP contribution in [0.3, 0.4) is 0 Å². The maximum Gasteiger partial charge on any atom is 0.140 e. The zero-order chi connectivity index (χ0) is 11.7. The van der Waals surface area contributed by atoms with Crippen LogP contribution in [0, 0.1) is 0 Å². The quantitative estimate of drug-likeness (QED) is 0.712. The van der Waals surface area contributed by atoms with E-state index in [2.05, 4.69) is 15.0 Å². The Bertz CT molecular complexity index is 644. The Morgan fingerprint density at radius 3 is 3.06 bits per heavy atom. The van der Waals surface area contributed by atoms with Crippen molar-refractivity contribution >= 4 is 5.65 Å². The SMILES string of the molecule is NCc1cn2cnc(-c3cccnc3)cc2n1. The molecule has 0 saturated carbocycles. The van der Waals surface area contributed by atoms with E-state index in [1.807, 2.05) is 28.8 Å². The second-order valence-electron chi connectivity index (χ2n) is 3.72. The van der Waals surface area contributed by atoms with Gasteiger partial charge in [-0.1, -0.05) is 0 Å². The molecule has 0 unspecified atom stereocenters. The van der Waals surface area contributed by atoms with Crippen molar-refractivity contribution < 1.29 is 0 Å². The third-order valence-corrected chi connectivity index (χ3v) is 2.56. The predicted molar refractivity (Wildman–Crippen MR) is 64.1 cm³/mol. The Labute approximate surface area is 98.0 Å². The summed E-state index contributed by atoms with van der Waals surface area (Å²) >= 11 is 0. The Morgan fingerprint density at radius 1 is 1.35 bits per heavy atom. The smallest absolute Gasteiger partial charge is 0.140 e. The van der Waals surface area contributed by atoms with Crippen LogP contribution in [-0.4, -0.2) is 19.4 Å². The van der Waals surface area contributed by atoms with Gasteiger partial charge in [-0.15, -0.1) is 0 Å². The summed E-state index contributed by atoms with van der Waals surface area (Å²) in [6, 6.07) is 5.78. The molecular formula is C12H11N5. The molecule has 0 aliphatic rings. The van der Waals surface area contributed by atoms with Crippen LogP contribution in [-0.2, 0) is 6.54 Å². The molecule has 17 heavy (non-hydrogen) atoms. The highest BCUT2D eigenvalue weighted by Crippen LogP contribution is 2.16. The van der Waals surface area contributed by atoms with E-state index in [0.29, 0.717) is 6.54 Å². The number of imidazole rings is 1. The second-order valence-corrected chi connectivity index (χ2v) is 3.72. The van der Waals surface area contributed by atoms with Crippen molar-refractivity contribution in [3.8, 4) is 11.3 Å². The predicted octanol–water partition coefficient (Wildman–Crippen LogP) is 1.25. The fourth-order valence-electron chi connectivity index (χ4n) is 1.71. The van der Waals surface area contributed by atoms with Crippen molar-refractivity contribution in [3.63, 3.8) is 0 Å². The van der Waals surface area contributed by atoms with Crippen molar-refractivity contribution in [2.24, 2.45) is 5.73 Å². The van der Waals surface area contributed by atoms with Crippen LogP contribution < -0.4 is 5.73 Å². The minimum Gasteiger partial charge on any atom is -0.325 e. The highest BCUT2D eigenvalue weighted by Gasteiger charge is 2.04. The van der Waals surface area contributed by atoms with E-state index in [9.17, 15) is 0 Å². The van der Waals surface area contributed by atoms with Crippen molar-refractivity contribution in [1.29, 1.82) is 0 Å². The lowest BCUT2D eigenvalue weighted by atomic mass is 10.2. The van der Waals surface area contributed by atoms with Gasteiger partial charge in [0, 0.05) is 36.8 Å². The topological polar surface area (TPSA) is 69.1 Å². The van der Waals surface area contributed by atoms with Crippen molar-refractivity contribution in [2.75, 3.05) is 0 Å². The van der Waals surface area contributed by atoms with Gasteiger partial charge in [0.15, 0.2) is 0 Å². The first-order chi connectivity index (χ1) is 8.36. The minimum atomic E-state index is 0.434. The van der Waals surface area contributed by atoms with Crippen molar-refractivity contribution in [3.05, 3.63) is 48.8 Å². The van der Waals surface area contributed by atoms with E-state index in [-0.39, 0.29) is 0 Å². The summed E-state index contributed by atoms with van der Waals surface area (Å²) < 4.78 is 1.86. The van der Waals surface area contributed by atoms with Gasteiger partial charge in [0.25, 0.3) is 0 Å². The first-order valence-corrected chi connectivity index (χ1v) is 5.31. The molecule has 0 atom stereocenters. The lowest BCUT2D eigenvalue weighted by molar-refractivity contribution is 1.01. The van der Waals surface area contributed by atoms with E-state index in [4.69, 9.17) is 5.73 Å². The summed E-state index contributed by atoms with van der Waals surface area (Å²) in [5, 5.41) is 0. The Morgan fingerprint density at radius 2 is 2.29 bits per heavy atom. The van der Waals surface area contributed by atoms with Gasteiger partial charge in [-0.3, -0.25) is 9.38 Å². The number of nitrogens with two attached hydrogens (primary N) is 1. The Balaban J connectivity index is 2.13. The van der Waals surface area contributed by atoms with Crippen molar-refractivity contribution in [2.45, 2.75) is 6.54 Å². The molecule has 5 heteroatoms. The van der Waals surface area contributed by atoms with Gasteiger partial charge in [0.2, 0.25) is 0 Å². The molecule has 3 heterocycles. The number of nitrogens with zero attached hydrogens (tertiary/aromatic N) is 4. The highest BCUT2D eigenvalue weighted by atomic mass is 15.0. The van der Waals surface area contributed by atoms with Gasteiger partial charge in [-0.2, -0.15) is 0 Å². The average molecular weight is 225 g/mol. The largest absolute Gasteiger partial charge is 0.325 e. The summed E-state index contributed by atoms with van der Waals surface area (Å²) in [5.41, 5.74) is 9.10. The molecule has 0 radical (unpaired) electrons. The normalized spacial score (nSPS) is 10.9. The zero-order valence-corrected chi connectivity index (χ0v) is 9.11. The van der Waals surface area contributed by atoms with Gasteiger partial charge in [-0.05, 0) is 12.1 Å². The third kappa shape index (κ3) is 1.76. The van der Waals surface area contributed by atoms with Crippen LogP contribution in [0.2, 0.25) is 0 Å². The van der Waals surface area contributed by atoms with E-state index in [1.54, 1.807) is 18.7 Å². The standard InChI is InChI=1S/C12H11N5/c13-5-10-7-17-8-15-11(4-12(17)16-10)9-2-1-3-14-6-9/h1-4,6-8H,5,13H2. The maximum absolute atomic E-state index is 5.56. The Kier molecular flexibility index (Phi) is 2.31. The molecule has 0 amide bonds. The number of aromatic nitrogens is 4. The number of pyridine rings is 1. The lowest BCUT2D eigenvalue weighted by Gasteiger charge is -1.99. The molecule has 0 fully saturated rings. The van der Waals surface area contributed by atoms with Crippen LogP contribution in [0.5, 0.6) is 0 Å². The number of fused-ring (bicyclic) bond motifs is 1. The highest BCUT2D eigenvalue weighted by molar-refractivity contribution is 5.62. The first-order valence-electron chi connectivity index (χ1n) is 5.31. The van der Waals surface area contributed by atoms with E-state index in [1.165, 1.54) is 0 Å². The molecule has 84 valence electrons. The molecular weight excluding hydrogens is 214 g/mol. The fraction of sp³-hybridized carbons (Fsp3) is 0.0833. The van der Waals surface area contributed by atoms with Crippen LogP contribution >= 0.6 is 0 Å². The Hall–Kier alpha value is -2.27. The van der Waals surface area contributed by atoms with Crippen LogP contribution in [0.1, 0.15) is 5.69 Å². The first kappa shape index (κ1) is 9.92. The fourth-order valence-corrected chi connectivity index (χ4v) is 1.71. The molecule has 0 bridgehead atoms. The van der Waals surface area contributed by atoms with Gasteiger partial charge in [0.1, 0.15) is 12.0 Å². The molecule has 0 saturated heterocycles.